The van der Waals surface area contributed by atoms with Crippen molar-refractivity contribution in [2.45, 2.75) is 32.1 Å². The van der Waals surface area contributed by atoms with Gasteiger partial charge in [0.15, 0.2) is 21.4 Å². The highest BCUT2D eigenvalue weighted by atomic mass is 32.2. The summed E-state index contributed by atoms with van der Waals surface area (Å²) in [6.45, 7) is 5.66. The Morgan fingerprint density at radius 1 is 1.14 bits per heavy atom. The molecule has 0 aliphatic carbocycles. The average Bonchev–Trinajstić information content (AvgIpc) is 2.44. The fraction of sp³-hybridized carbons (Fsp3) is 0.467. The molecular formula is C15H20O5S. The first-order chi connectivity index (χ1) is 9.76. The van der Waals surface area contributed by atoms with E-state index >= 15 is 0 Å². The van der Waals surface area contributed by atoms with E-state index in [0.29, 0.717) is 12.0 Å². The molecule has 0 bridgehead atoms. The Kier molecular flexibility index (Phi) is 6.08. The van der Waals surface area contributed by atoms with Crippen LogP contribution in [0.3, 0.4) is 0 Å². The number of Topliss-reactive ketones (excluding diaryl/α,β-unsaturated/α-hetero) is 1. The van der Waals surface area contributed by atoms with Gasteiger partial charge in [-0.25, -0.2) is 8.42 Å². The molecule has 1 rings (SSSR count). The normalized spacial score (nSPS) is 11.4. The molecule has 0 aliphatic rings. The fourth-order valence-electron chi connectivity index (χ4n) is 1.59. The number of carbonyl (C=O) groups is 2. The van der Waals surface area contributed by atoms with Crippen LogP contribution in [0, 0.1) is 5.92 Å². The standard InChI is InChI=1S/C15H20O5S/c1-4-14(16)12-5-7-13(8-6-12)21(18,19)10-15(17)20-9-11(2)3/h5-8,11H,4,9-10H2,1-3H3. The highest BCUT2D eigenvalue weighted by Gasteiger charge is 2.21. The summed E-state index contributed by atoms with van der Waals surface area (Å²) in [5.41, 5.74) is 0.457. The van der Waals surface area contributed by atoms with Crippen molar-refractivity contribution in [1.29, 1.82) is 0 Å². The molecule has 0 saturated carbocycles. The molecule has 5 nitrogen and oxygen atoms in total. The van der Waals surface area contributed by atoms with Gasteiger partial charge in [0.1, 0.15) is 0 Å². The first-order valence-corrected chi connectivity index (χ1v) is 8.43. The smallest absolute Gasteiger partial charge is 0.321 e. The molecule has 0 heterocycles. The summed E-state index contributed by atoms with van der Waals surface area (Å²) in [5.74, 6) is -1.37. The van der Waals surface area contributed by atoms with Crippen molar-refractivity contribution in [2.24, 2.45) is 5.92 Å². The Morgan fingerprint density at radius 3 is 2.19 bits per heavy atom. The van der Waals surface area contributed by atoms with Gasteiger partial charge < -0.3 is 4.74 Å². The van der Waals surface area contributed by atoms with E-state index in [1.165, 1.54) is 24.3 Å². The molecule has 0 aromatic heterocycles. The summed E-state index contributed by atoms with van der Waals surface area (Å²) in [5, 5.41) is 0. The predicted octanol–water partition coefficient (Wildman–Crippen LogP) is 2.25. The number of hydrogen-bond acceptors (Lipinski definition) is 5. The van der Waals surface area contributed by atoms with Crippen molar-refractivity contribution in [3.8, 4) is 0 Å². The number of esters is 1. The van der Waals surface area contributed by atoms with Crippen LogP contribution in [0.15, 0.2) is 29.2 Å². The van der Waals surface area contributed by atoms with Gasteiger partial charge in [0.2, 0.25) is 0 Å². The molecule has 0 atom stereocenters. The van der Waals surface area contributed by atoms with Gasteiger partial charge in [-0.1, -0.05) is 32.9 Å². The van der Waals surface area contributed by atoms with Crippen LogP contribution >= 0.6 is 0 Å². The third kappa shape index (κ3) is 5.30. The van der Waals surface area contributed by atoms with E-state index in [1.807, 2.05) is 13.8 Å². The molecule has 0 N–H and O–H groups in total. The molecule has 0 amide bonds. The SMILES string of the molecule is CCC(=O)c1ccc(S(=O)(=O)CC(=O)OCC(C)C)cc1. The second kappa shape index (κ2) is 7.36. The van der Waals surface area contributed by atoms with Crippen LogP contribution < -0.4 is 0 Å². The second-order valence-corrected chi connectivity index (χ2v) is 7.13. The Bertz CT molecular complexity index is 599. The third-order valence-electron chi connectivity index (χ3n) is 2.74. The summed E-state index contributed by atoms with van der Waals surface area (Å²) in [6.07, 6.45) is 0.355. The minimum Gasteiger partial charge on any atom is -0.465 e. The molecule has 116 valence electrons. The van der Waals surface area contributed by atoms with Gasteiger partial charge in [0.05, 0.1) is 11.5 Å². The second-order valence-electron chi connectivity index (χ2n) is 5.14. The number of benzene rings is 1. The molecule has 0 radical (unpaired) electrons. The quantitative estimate of drug-likeness (QED) is 0.570. The fourth-order valence-corrected chi connectivity index (χ4v) is 2.70. The first kappa shape index (κ1) is 17.4. The number of hydrogen-bond donors (Lipinski definition) is 0. The Morgan fingerprint density at radius 2 is 1.71 bits per heavy atom. The molecule has 0 spiro atoms. The lowest BCUT2D eigenvalue weighted by Crippen LogP contribution is -2.20. The number of rotatable bonds is 7. The number of carbonyl (C=O) groups excluding carboxylic acids is 2. The van der Waals surface area contributed by atoms with E-state index < -0.39 is 21.6 Å². The maximum Gasteiger partial charge on any atom is 0.321 e. The lowest BCUT2D eigenvalue weighted by Gasteiger charge is -2.08. The van der Waals surface area contributed by atoms with Crippen molar-refractivity contribution in [3.63, 3.8) is 0 Å². The van der Waals surface area contributed by atoms with E-state index in [4.69, 9.17) is 4.74 Å². The van der Waals surface area contributed by atoms with Crippen LogP contribution in [-0.4, -0.2) is 32.5 Å². The minimum absolute atomic E-state index is 0.0108. The Labute approximate surface area is 125 Å². The largest absolute Gasteiger partial charge is 0.465 e. The number of sulfone groups is 1. The Balaban J connectivity index is 2.79. The zero-order valence-corrected chi connectivity index (χ0v) is 13.3. The first-order valence-electron chi connectivity index (χ1n) is 6.78. The average molecular weight is 312 g/mol. The van der Waals surface area contributed by atoms with E-state index in [-0.39, 0.29) is 23.2 Å². The van der Waals surface area contributed by atoms with Gasteiger partial charge in [-0.05, 0) is 18.1 Å². The summed E-state index contributed by atoms with van der Waals surface area (Å²) in [6, 6.07) is 5.60. The summed E-state index contributed by atoms with van der Waals surface area (Å²) in [4.78, 5) is 23.0. The zero-order valence-electron chi connectivity index (χ0n) is 12.5. The van der Waals surface area contributed by atoms with Crippen LogP contribution in [0.1, 0.15) is 37.6 Å². The highest BCUT2D eigenvalue weighted by Crippen LogP contribution is 2.14. The van der Waals surface area contributed by atoms with Gasteiger partial charge in [-0.2, -0.15) is 0 Å². The predicted molar refractivity (Wildman–Crippen MR) is 78.9 cm³/mol. The monoisotopic (exact) mass is 312 g/mol. The van der Waals surface area contributed by atoms with Crippen molar-refractivity contribution in [3.05, 3.63) is 29.8 Å². The van der Waals surface area contributed by atoms with Crippen LogP contribution in [-0.2, 0) is 19.4 Å². The molecule has 0 aliphatic heterocycles. The summed E-state index contributed by atoms with van der Waals surface area (Å²) >= 11 is 0. The van der Waals surface area contributed by atoms with Gasteiger partial charge in [0.25, 0.3) is 0 Å². The van der Waals surface area contributed by atoms with Crippen LogP contribution in [0.4, 0.5) is 0 Å². The van der Waals surface area contributed by atoms with E-state index in [1.54, 1.807) is 6.92 Å². The third-order valence-corrected chi connectivity index (χ3v) is 4.35. The van der Waals surface area contributed by atoms with Crippen molar-refractivity contribution >= 4 is 21.6 Å². The lowest BCUT2D eigenvalue weighted by molar-refractivity contribution is -0.141. The molecule has 6 heteroatoms. The Hall–Kier alpha value is -1.69. The van der Waals surface area contributed by atoms with E-state index in [2.05, 4.69) is 0 Å². The molecule has 21 heavy (non-hydrogen) atoms. The highest BCUT2D eigenvalue weighted by molar-refractivity contribution is 7.92. The molecule has 1 aromatic rings. The lowest BCUT2D eigenvalue weighted by atomic mass is 10.1. The number of ether oxygens (including phenoxy) is 1. The maximum atomic E-state index is 12.1. The van der Waals surface area contributed by atoms with Crippen molar-refractivity contribution < 1.29 is 22.7 Å². The van der Waals surface area contributed by atoms with Gasteiger partial charge in [0, 0.05) is 12.0 Å². The molecule has 0 unspecified atom stereocenters. The number of ketones is 1. The maximum absolute atomic E-state index is 12.1. The molecule has 1 aromatic carbocycles. The van der Waals surface area contributed by atoms with E-state index in [9.17, 15) is 18.0 Å². The van der Waals surface area contributed by atoms with Gasteiger partial charge in [-0.3, -0.25) is 9.59 Å². The molecular weight excluding hydrogens is 292 g/mol. The molecule has 0 saturated heterocycles. The summed E-state index contributed by atoms with van der Waals surface area (Å²) in [7, 11) is -3.74. The minimum atomic E-state index is -3.74. The van der Waals surface area contributed by atoms with Crippen LogP contribution in [0.25, 0.3) is 0 Å². The zero-order chi connectivity index (χ0) is 16.0. The van der Waals surface area contributed by atoms with Crippen molar-refractivity contribution in [2.75, 3.05) is 12.4 Å². The van der Waals surface area contributed by atoms with Crippen molar-refractivity contribution in [1.82, 2.24) is 0 Å². The van der Waals surface area contributed by atoms with E-state index in [0.717, 1.165) is 0 Å². The van der Waals surface area contributed by atoms with Gasteiger partial charge >= 0.3 is 5.97 Å². The van der Waals surface area contributed by atoms with Crippen LogP contribution in [0.2, 0.25) is 0 Å². The molecule has 0 fully saturated rings. The topological polar surface area (TPSA) is 77.5 Å². The summed E-state index contributed by atoms with van der Waals surface area (Å²) < 4.78 is 29.0. The van der Waals surface area contributed by atoms with Crippen LogP contribution in [0.5, 0.6) is 0 Å². The van der Waals surface area contributed by atoms with Gasteiger partial charge in [-0.15, -0.1) is 0 Å².